The Bertz CT molecular complexity index is 471. The molecule has 90 valence electrons. The SMILES string of the molecule is O=S(=O)(CC(F)(F)F)c1cc(F)cc(F)c1. The highest BCUT2D eigenvalue weighted by Gasteiger charge is 2.36. The van der Waals surface area contributed by atoms with Crippen molar-refractivity contribution in [1.82, 2.24) is 0 Å². The Hall–Kier alpha value is -1.18. The van der Waals surface area contributed by atoms with E-state index in [1.807, 2.05) is 0 Å². The van der Waals surface area contributed by atoms with Gasteiger partial charge in [-0.15, -0.1) is 0 Å². The fraction of sp³-hybridized carbons (Fsp3) is 0.250. The van der Waals surface area contributed by atoms with Crippen molar-refractivity contribution in [1.29, 1.82) is 0 Å². The third-order valence-electron chi connectivity index (χ3n) is 1.55. The second-order valence-corrected chi connectivity index (χ2v) is 4.97. The van der Waals surface area contributed by atoms with Crippen LogP contribution in [0.25, 0.3) is 0 Å². The van der Waals surface area contributed by atoms with E-state index in [0.29, 0.717) is 18.2 Å². The molecule has 1 rings (SSSR count). The molecular weight excluding hydrogens is 255 g/mol. The number of sulfone groups is 1. The van der Waals surface area contributed by atoms with Gasteiger partial charge >= 0.3 is 6.18 Å². The van der Waals surface area contributed by atoms with E-state index in [0.717, 1.165) is 0 Å². The molecule has 2 nitrogen and oxygen atoms in total. The number of alkyl halides is 3. The third-order valence-corrected chi connectivity index (χ3v) is 3.21. The average molecular weight is 260 g/mol. The number of hydrogen-bond donors (Lipinski definition) is 0. The van der Waals surface area contributed by atoms with Crippen LogP contribution in [0, 0.1) is 11.6 Å². The lowest BCUT2D eigenvalue weighted by atomic mass is 10.3. The van der Waals surface area contributed by atoms with Gasteiger partial charge in [-0.3, -0.25) is 0 Å². The minimum Gasteiger partial charge on any atom is -0.223 e. The molecule has 0 heterocycles. The Balaban J connectivity index is 3.18. The summed E-state index contributed by atoms with van der Waals surface area (Å²) in [5.74, 6) is -4.65. The van der Waals surface area contributed by atoms with Crippen LogP contribution >= 0.6 is 0 Å². The van der Waals surface area contributed by atoms with Gasteiger partial charge in [0.25, 0.3) is 0 Å². The molecular formula is C8H5F5O2S. The summed E-state index contributed by atoms with van der Waals surface area (Å²) in [5.41, 5.74) is 0. The Labute approximate surface area is 87.6 Å². The standard InChI is InChI=1S/C8H5F5O2S/c9-5-1-6(10)3-7(2-5)16(14,15)4-8(11,12)13/h1-3H,4H2. The first-order valence-corrected chi connectivity index (χ1v) is 5.51. The second kappa shape index (κ2) is 4.00. The predicted octanol–water partition coefficient (Wildman–Crippen LogP) is 2.30. The van der Waals surface area contributed by atoms with Gasteiger partial charge in [-0.1, -0.05) is 0 Å². The summed E-state index contributed by atoms with van der Waals surface area (Å²) in [5, 5.41) is 0. The highest BCUT2D eigenvalue weighted by Crippen LogP contribution is 2.23. The van der Waals surface area contributed by atoms with Gasteiger partial charge in [0.15, 0.2) is 15.6 Å². The summed E-state index contributed by atoms with van der Waals surface area (Å²) in [6.45, 7) is 0. The van der Waals surface area contributed by atoms with Crippen LogP contribution in [0.5, 0.6) is 0 Å². The average Bonchev–Trinajstić information content (AvgIpc) is 1.96. The summed E-state index contributed by atoms with van der Waals surface area (Å²) < 4.78 is 83.0. The quantitative estimate of drug-likeness (QED) is 0.764. The van der Waals surface area contributed by atoms with Gasteiger partial charge in [0, 0.05) is 6.07 Å². The number of halogens is 5. The largest absolute Gasteiger partial charge is 0.403 e. The molecule has 0 fully saturated rings. The van der Waals surface area contributed by atoms with Crippen molar-refractivity contribution in [3.8, 4) is 0 Å². The van der Waals surface area contributed by atoms with Crippen LogP contribution in [-0.2, 0) is 9.84 Å². The highest BCUT2D eigenvalue weighted by atomic mass is 32.2. The minimum absolute atomic E-state index is 0.337. The zero-order valence-electron chi connectivity index (χ0n) is 7.55. The lowest BCUT2D eigenvalue weighted by Crippen LogP contribution is -2.23. The zero-order valence-corrected chi connectivity index (χ0v) is 8.37. The molecule has 0 amide bonds. The van der Waals surface area contributed by atoms with E-state index in [1.165, 1.54) is 0 Å². The van der Waals surface area contributed by atoms with Crippen LogP contribution in [0.3, 0.4) is 0 Å². The van der Waals surface area contributed by atoms with Crippen LogP contribution in [0.1, 0.15) is 0 Å². The Morgan fingerprint density at radius 2 is 1.44 bits per heavy atom. The van der Waals surface area contributed by atoms with Crippen molar-refractivity contribution in [2.75, 3.05) is 5.75 Å². The molecule has 0 aliphatic heterocycles. The molecule has 8 heteroatoms. The van der Waals surface area contributed by atoms with Gasteiger partial charge in [0.2, 0.25) is 0 Å². The first-order valence-electron chi connectivity index (χ1n) is 3.86. The minimum atomic E-state index is -4.96. The first-order chi connectivity index (χ1) is 7.10. The van der Waals surface area contributed by atoms with E-state index >= 15 is 0 Å². The summed E-state index contributed by atoms with van der Waals surface area (Å²) >= 11 is 0. The van der Waals surface area contributed by atoms with Crippen molar-refractivity contribution in [2.45, 2.75) is 11.1 Å². The van der Waals surface area contributed by atoms with Gasteiger partial charge in [-0.05, 0) is 12.1 Å². The molecule has 0 saturated carbocycles. The van der Waals surface area contributed by atoms with Crippen LogP contribution < -0.4 is 0 Å². The Kier molecular flexibility index (Phi) is 3.22. The summed E-state index contributed by atoms with van der Waals surface area (Å²) in [6.07, 6.45) is -4.96. The summed E-state index contributed by atoms with van der Waals surface area (Å²) in [7, 11) is -4.77. The van der Waals surface area contributed by atoms with Crippen molar-refractivity contribution < 1.29 is 30.4 Å². The molecule has 0 bridgehead atoms. The first kappa shape index (κ1) is 12.9. The summed E-state index contributed by atoms with van der Waals surface area (Å²) in [6, 6.07) is 1.04. The summed E-state index contributed by atoms with van der Waals surface area (Å²) in [4.78, 5) is -1.03. The fourth-order valence-corrected chi connectivity index (χ4v) is 2.19. The molecule has 1 aromatic carbocycles. The Morgan fingerprint density at radius 3 is 1.81 bits per heavy atom. The highest BCUT2D eigenvalue weighted by molar-refractivity contribution is 7.91. The van der Waals surface area contributed by atoms with Gasteiger partial charge in [0.1, 0.15) is 11.6 Å². The number of benzene rings is 1. The van der Waals surface area contributed by atoms with E-state index < -0.39 is 38.3 Å². The van der Waals surface area contributed by atoms with Crippen molar-refractivity contribution in [2.24, 2.45) is 0 Å². The van der Waals surface area contributed by atoms with Gasteiger partial charge in [-0.2, -0.15) is 13.2 Å². The molecule has 1 aromatic rings. The van der Waals surface area contributed by atoms with Crippen LogP contribution in [0.4, 0.5) is 22.0 Å². The van der Waals surface area contributed by atoms with E-state index in [-0.39, 0.29) is 0 Å². The smallest absolute Gasteiger partial charge is 0.223 e. The molecule has 0 saturated heterocycles. The van der Waals surface area contributed by atoms with Crippen molar-refractivity contribution >= 4 is 9.84 Å². The van der Waals surface area contributed by atoms with E-state index in [9.17, 15) is 30.4 Å². The predicted molar refractivity (Wildman–Crippen MR) is 44.5 cm³/mol. The van der Waals surface area contributed by atoms with E-state index in [4.69, 9.17) is 0 Å². The molecule has 0 aliphatic rings. The maximum atomic E-state index is 12.6. The van der Waals surface area contributed by atoms with E-state index in [1.54, 1.807) is 0 Å². The van der Waals surface area contributed by atoms with Crippen LogP contribution in [0.2, 0.25) is 0 Å². The monoisotopic (exact) mass is 260 g/mol. The van der Waals surface area contributed by atoms with E-state index in [2.05, 4.69) is 0 Å². The van der Waals surface area contributed by atoms with Crippen LogP contribution in [0.15, 0.2) is 23.1 Å². The maximum Gasteiger partial charge on any atom is 0.403 e. The molecule has 0 unspecified atom stereocenters. The fourth-order valence-electron chi connectivity index (χ4n) is 1.01. The normalized spacial score (nSPS) is 12.8. The molecule has 0 spiro atoms. The molecule has 0 aromatic heterocycles. The zero-order chi connectivity index (χ0) is 12.6. The topological polar surface area (TPSA) is 34.1 Å². The lowest BCUT2D eigenvalue weighted by Gasteiger charge is -2.07. The van der Waals surface area contributed by atoms with Gasteiger partial charge < -0.3 is 0 Å². The van der Waals surface area contributed by atoms with Crippen molar-refractivity contribution in [3.05, 3.63) is 29.8 Å². The second-order valence-electron chi connectivity index (χ2n) is 2.98. The maximum absolute atomic E-state index is 12.6. The lowest BCUT2D eigenvalue weighted by molar-refractivity contribution is -0.106. The third kappa shape index (κ3) is 3.44. The number of hydrogen-bond acceptors (Lipinski definition) is 2. The van der Waals surface area contributed by atoms with Crippen LogP contribution in [-0.4, -0.2) is 20.3 Å². The Morgan fingerprint density at radius 1 is 1.00 bits per heavy atom. The molecule has 16 heavy (non-hydrogen) atoms. The van der Waals surface area contributed by atoms with Crippen molar-refractivity contribution in [3.63, 3.8) is 0 Å². The van der Waals surface area contributed by atoms with Gasteiger partial charge in [0.05, 0.1) is 4.90 Å². The molecule has 0 atom stereocenters. The van der Waals surface area contributed by atoms with Gasteiger partial charge in [-0.25, -0.2) is 17.2 Å². The number of rotatable bonds is 2. The molecule has 0 radical (unpaired) electrons. The molecule has 0 aliphatic carbocycles. The molecule has 0 N–H and O–H groups in total.